The SMILES string of the molecule is COc1ccc(NC(=O)c2ccc(C)o2)cc1S(N)(=O)=O. The maximum absolute atomic E-state index is 11.9. The predicted molar refractivity (Wildman–Crippen MR) is 75.8 cm³/mol. The normalized spacial score (nSPS) is 11.2. The van der Waals surface area contributed by atoms with Gasteiger partial charge in [0.15, 0.2) is 5.76 Å². The number of furan rings is 1. The highest BCUT2D eigenvalue weighted by molar-refractivity contribution is 7.89. The number of ether oxygens (including phenoxy) is 1. The lowest BCUT2D eigenvalue weighted by Gasteiger charge is -2.09. The van der Waals surface area contributed by atoms with Crippen LogP contribution < -0.4 is 15.2 Å². The average Bonchev–Trinajstić information content (AvgIpc) is 2.84. The van der Waals surface area contributed by atoms with Gasteiger partial charge in [-0.3, -0.25) is 4.79 Å². The minimum Gasteiger partial charge on any atom is -0.495 e. The molecule has 0 fully saturated rings. The Labute approximate surface area is 121 Å². The molecule has 8 heteroatoms. The van der Waals surface area contributed by atoms with Crippen molar-refractivity contribution in [3.8, 4) is 5.75 Å². The third-order valence-corrected chi connectivity index (χ3v) is 3.62. The first-order valence-electron chi connectivity index (χ1n) is 5.90. The lowest BCUT2D eigenvalue weighted by molar-refractivity contribution is 0.0995. The van der Waals surface area contributed by atoms with Crippen LogP contribution in [0.2, 0.25) is 0 Å². The van der Waals surface area contributed by atoms with E-state index in [1.807, 2.05) is 0 Å². The molecule has 0 unspecified atom stereocenters. The standard InChI is InChI=1S/C13H14N2O5S/c1-8-3-5-11(20-8)13(16)15-9-4-6-10(19-2)12(7-9)21(14,17)18/h3-7H,1-2H3,(H,15,16)(H2,14,17,18). The number of anilines is 1. The molecule has 1 aromatic heterocycles. The van der Waals surface area contributed by atoms with E-state index in [1.165, 1.54) is 31.4 Å². The van der Waals surface area contributed by atoms with Crippen LogP contribution in [0.3, 0.4) is 0 Å². The third kappa shape index (κ3) is 3.41. The van der Waals surface area contributed by atoms with Crippen molar-refractivity contribution < 1.29 is 22.4 Å². The van der Waals surface area contributed by atoms with E-state index in [-0.39, 0.29) is 22.1 Å². The molecule has 21 heavy (non-hydrogen) atoms. The van der Waals surface area contributed by atoms with Gasteiger partial charge in [-0.05, 0) is 37.3 Å². The van der Waals surface area contributed by atoms with Crippen molar-refractivity contribution in [3.05, 3.63) is 41.9 Å². The van der Waals surface area contributed by atoms with E-state index in [2.05, 4.69) is 5.32 Å². The van der Waals surface area contributed by atoms with E-state index in [0.717, 1.165) is 0 Å². The number of hydrogen-bond acceptors (Lipinski definition) is 5. The van der Waals surface area contributed by atoms with Gasteiger partial charge in [0, 0.05) is 5.69 Å². The highest BCUT2D eigenvalue weighted by Crippen LogP contribution is 2.26. The molecule has 2 aromatic rings. The molecule has 0 aliphatic carbocycles. The quantitative estimate of drug-likeness (QED) is 0.888. The van der Waals surface area contributed by atoms with Crippen LogP contribution in [0, 0.1) is 6.92 Å². The number of primary sulfonamides is 1. The van der Waals surface area contributed by atoms with Crippen LogP contribution in [-0.4, -0.2) is 21.4 Å². The Morgan fingerprint density at radius 2 is 2.00 bits per heavy atom. The number of benzene rings is 1. The average molecular weight is 310 g/mol. The van der Waals surface area contributed by atoms with Gasteiger partial charge in [0.2, 0.25) is 10.0 Å². The number of sulfonamides is 1. The first-order chi connectivity index (χ1) is 9.81. The number of carbonyl (C=O) groups is 1. The molecule has 0 atom stereocenters. The molecule has 3 N–H and O–H groups in total. The summed E-state index contributed by atoms with van der Waals surface area (Å²) < 4.78 is 33.1. The van der Waals surface area contributed by atoms with Crippen molar-refractivity contribution in [2.24, 2.45) is 5.14 Å². The van der Waals surface area contributed by atoms with Crippen LogP contribution in [-0.2, 0) is 10.0 Å². The lowest BCUT2D eigenvalue weighted by atomic mass is 10.3. The van der Waals surface area contributed by atoms with Gasteiger partial charge in [0.1, 0.15) is 16.4 Å². The first kappa shape index (κ1) is 15.1. The monoisotopic (exact) mass is 310 g/mol. The zero-order valence-corrected chi connectivity index (χ0v) is 12.2. The Balaban J connectivity index is 2.31. The molecule has 112 valence electrons. The highest BCUT2D eigenvalue weighted by Gasteiger charge is 2.17. The number of rotatable bonds is 4. The predicted octanol–water partition coefficient (Wildman–Crippen LogP) is 1.50. The number of nitrogens with two attached hydrogens (primary N) is 1. The molecule has 0 saturated heterocycles. The van der Waals surface area contributed by atoms with Gasteiger partial charge < -0.3 is 14.5 Å². The third-order valence-electron chi connectivity index (χ3n) is 2.69. The fourth-order valence-electron chi connectivity index (χ4n) is 1.73. The zero-order valence-electron chi connectivity index (χ0n) is 11.4. The maximum atomic E-state index is 11.9. The van der Waals surface area contributed by atoms with Crippen LogP contribution in [0.25, 0.3) is 0 Å². The molecule has 7 nitrogen and oxygen atoms in total. The van der Waals surface area contributed by atoms with Crippen molar-refractivity contribution in [1.82, 2.24) is 0 Å². The molecule has 2 rings (SSSR count). The van der Waals surface area contributed by atoms with Crippen LogP contribution >= 0.6 is 0 Å². The van der Waals surface area contributed by atoms with E-state index in [1.54, 1.807) is 13.0 Å². The van der Waals surface area contributed by atoms with Gasteiger partial charge in [-0.2, -0.15) is 0 Å². The number of amides is 1. The van der Waals surface area contributed by atoms with Crippen LogP contribution in [0.1, 0.15) is 16.3 Å². The molecule has 0 saturated carbocycles. The van der Waals surface area contributed by atoms with Crippen LogP contribution in [0.5, 0.6) is 5.75 Å². The topological polar surface area (TPSA) is 112 Å². The number of carbonyl (C=O) groups excluding carboxylic acids is 1. The molecular formula is C13H14N2O5S. The minimum absolute atomic E-state index is 0.101. The Hall–Kier alpha value is -2.32. The van der Waals surface area contributed by atoms with E-state index in [4.69, 9.17) is 14.3 Å². The summed E-state index contributed by atoms with van der Waals surface area (Å²) in [5, 5.41) is 7.64. The van der Waals surface area contributed by atoms with Crippen molar-refractivity contribution >= 4 is 21.6 Å². The van der Waals surface area contributed by atoms with Gasteiger partial charge in [0.25, 0.3) is 5.91 Å². The second-order valence-corrected chi connectivity index (χ2v) is 5.80. The van der Waals surface area contributed by atoms with E-state index < -0.39 is 15.9 Å². The fourth-order valence-corrected chi connectivity index (χ4v) is 2.45. The molecule has 1 aromatic carbocycles. The van der Waals surface area contributed by atoms with Crippen molar-refractivity contribution in [3.63, 3.8) is 0 Å². The fraction of sp³-hybridized carbons (Fsp3) is 0.154. The zero-order chi connectivity index (χ0) is 15.6. The molecule has 0 bridgehead atoms. The van der Waals surface area contributed by atoms with Crippen LogP contribution in [0.4, 0.5) is 5.69 Å². The van der Waals surface area contributed by atoms with Gasteiger partial charge in [-0.25, -0.2) is 13.6 Å². The van der Waals surface area contributed by atoms with Crippen molar-refractivity contribution in [1.29, 1.82) is 0 Å². The Morgan fingerprint density at radius 1 is 1.29 bits per heavy atom. The van der Waals surface area contributed by atoms with Crippen molar-refractivity contribution in [2.75, 3.05) is 12.4 Å². The Morgan fingerprint density at radius 3 is 2.52 bits per heavy atom. The van der Waals surface area contributed by atoms with E-state index in [9.17, 15) is 13.2 Å². The van der Waals surface area contributed by atoms with E-state index >= 15 is 0 Å². The minimum atomic E-state index is -3.96. The lowest BCUT2D eigenvalue weighted by Crippen LogP contribution is -2.15. The smallest absolute Gasteiger partial charge is 0.291 e. The first-order valence-corrected chi connectivity index (χ1v) is 7.44. The summed E-state index contributed by atoms with van der Waals surface area (Å²) in [5.74, 6) is 0.332. The Bertz CT molecular complexity index is 780. The summed E-state index contributed by atoms with van der Waals surface area (Å²) in [5.41, 5.74) is 0.263. The maximum Gasteiger partial charge on any atom is 0.291 e. The summed E-state index contributed by atoms with van der Waals surface area (Å²) in [4.78, 5) is 11.7. The van der Waals surface area contributed by atoms with Crippen LogP contribution in [0.15, 0.2) is 39.6 Å². The largest absolute Gasteiger partial charge is 0.495 e. The molecular weight excluding hydrogens is 296 g/mol. The van der Waals surface area contributed by atoms with Gasteiger partial charge in [0.05, 0.1) is 7.11 Å². The second kappa shape index (κ2) is 5.58. The summed E-state index contributed by atoms with van der Waals surface area (Å²) in [6.45, 7) is 1.71. The molecule has 0 spiro atoms. The second-order valence-electron chi connectivity index (χ2n) is 4.28. The van der Waals surface area contributed by atoms with E-state index in [0.29, 0.717) is 5.76 Å². The summed E-state index contributed by atoms with van der Waals surface area (Å²) in [6.07, 6.45) is 0. The molecule has 0 aliphatic heterocycles. The summed E-state index contributed by atoms with van der Waals surface area (Å²) >= 11 is 0. The molecule has 1 heterocycles. The number of hydrogen-bond donors (Lipinski definition) is 2. The van der Waals surface area contributed by atoms with Gasteiger partial charge in [-0.15, -0.1) is 0 Å². The summed E-state index contributed by atoms with van der Waals surface area (Å²) in [6, 6.07) is 7.30. The van der Waals surface area contributed by atoms with Gasteiger partial charge >= 0.3 is 0 Å². The van der Waals surface area contributed by atoms with Gasteiger partial charge in [-0.1, -0.05) is 0 Å². The summed E-state index contributed by atoms with van der Waals surface area (Å²) in [7, 11) is -2.64. The number of aryl methyl sites for hydroxylation is 1. The number of nitrogens with one attached hydrogen (secondary N) is 1. The molecule has 0 radical (unpaired) electrons. The molecule has 1 amide bonds. The van der Waals surface area contributed by atoms with Crippen molar-refractivity contribution in [2.45, 2.75) is 11.8 Å². The number of methoxy groups -OCH3 is 1. The highest BCUT2D eigenvalue weighted by atomic mass is 32.2. The Kier molecular flexibility index (Phi) is 4.01. The molecule has 0 aliphatic rings.